The Morgan fingerprint density at radius 2 is 2.12 bits per heavy atom. The van der Waals surface area contributed by atoms with Crippen LogP contribution in [0.2, 0.25) is 0 Å². The van der Waals surface area contributed by atoms with Crippen molar-refractivity contribution in [1.82, 2.24) is 4.98 Å². The third-order valence-corrected chi connectivity index (χ3v) is 3.59. The maximum absolute atomic E-state index is 9.16. The van der Waals surface area contributed by atoms with Crippen LogP contribution < -0.4 is 0 Å². The van der Waals surface area contributed by atoms with Crippen LogP contribution in [0.15, 0.2) is 29.3 Å². The third kappa shape index (κ3) is 2.42. The number of nitriles is 1. The van der Waals surface area contributed by atoms with Gasteiger partial charge in [-0.3, -0.25) is 4.98 Å². The summed E-state index contributed by atoms with van der Waals surface area (Å²) in [6.07, 6.45) is 1.67. The van der Waals surface area contributed by atoms with Crippen LogP contribution in [0.1, 0.15) is 25.0 Å². The molecule has 1 heterocycles. The van der Waals surface area contributed by atoms with Crippen molar-refractivity contribution in [3.8, 4) is 6.07 Å². The molecule has 0 amide bonds. The molecular formula is C14H14N2S. The van der Waals surface area contributed by atoms with Crippen molar-refractivity contribution in [2.45, 2.75) is 30.9 Å². The van der Waals surface area contributed by atoms with Gasteiger partial charge in [-0.25, -0.2) is 0 Å². The van der Waals surface area contributed by atoms with Gasteiger partial charge >= 0.3 is 0 Å². The number of fused-ring (bicyclic) bond motifs is 1. The van der Waals surface area contributed by atoms with E-state index in [1.54, 1.807) is 18.0 Å². The van der Waals surface area contributed by atoms with Crippen molar-refractivity contribution in [2.24, 2.45) is 0 Å². The maximum atomic E-state index is 9.16. The predicted octanol–water partition coefficient (Wildman–Crippen LogP) is 3.92. The summed E-state index contributed by atoms with van der Waals surface area (Å²) < 4.78 is 0. The molecule has 0 radical (unpaired) electrons. The number of aryl methyl sites for hydroxylation is 1. The summed E-state index contributed by atoms with van der Waals surface area (Å²) in [5.41, 5.74) is 2.82. The van der Waals surface area contributed by atoms with E-state index in [9.17, 15) is 0 Å². The second-order valence-electron chi connectivity index (χ2n) is 4.30. The minimum Gasteiger partial charge on any atom is -0.255 e. The van der Waals surface area contributed by atoms with Crippen LogP contribution in [-0.2, 0) is 0 Å². The molecular weight excluding hydrogens is 228 g/mol. The average Bonchev–Trinajstić information content (AvgIpc) is 2.29. The maximum Gasteiger partial charge on any atom is 0.102 e. The Morgan fingerprint density at radius 1 is 1.35 bits per heavy atom. The molecule has 1 aromatic carbocycles. The van der Waals surface area contributed by atoms with Gasteiger partial charge in [0, 0.05) is 21.7 Å². The Hall–Kier alpha value is -1.53. The molecule has 0 saturated carbocycles. The van der Waals surface area contributed by atoms with E-state index >= 15 is 0 Å². The van der Waals surface area contributed by atoms with Gasteiger partial charge in [-0.2, -0.15) is 5.26 Å². The Labute approximate surface area is 106 Å². The number of rotatable bonds is 2. The Morgan fingerprint density at radius 3 is 2.76 bits per heavy atom. The Kier molecular flexibility index (Phi) is 3.35. The van der Waals surface area contributed by atoms with E-state index < -0.39 is 0 Å². The molecule has 3 heteroatoms. The van der Waals surface area contributed by atoms with Crippen molar-refractivity contribution in [1.29, 1.82) is 5.26 Å². The van der Waals surface area contributed by atoms with Gasteiger partial charge in [-0.1, -0.05) is 25.5 Å². The fourth-order valence-electron chi connectivity index (χ4n) is 1.72. The first-order valence-electron chi connectivity index (χ1n) is 5.58. The highest BCUT2D eigenvalue weighted by Gasteiger charge is 2.11. The summed E-state index contributed by atoms with van der Waals surface area (Å²) in [6, 6.07) is 8.39. The van der Waals surface area contributed by atoms with Gasteiger partial charge in [0.15, 0.2) is 0 Å². The number of hydrogen-bond acceptors (Lipinski definition) is 3. The normalized spacial score (nSPS) is 10.8. The summed E-state index contributed by atoms with van der Waals surface area (Å²) in [6.45, 7) is 6.32. The average molecular weight is 242 g/mol. The zero-order valence-electron chi connectivity index (χ0n) is 10.2. The van der Waals surface area contributed by atoms with E-state index in [4.69, 9.17) is 5.26 Å². The third-order valence-electron chi connectivity index (χ3n) is 2.45. The van der Waals surface area contributed by atoms with Gasteiger partial charge in [0.05, 0.1) is 11.1 Å². The molecule has 0 atom stereocenters. The highest BCUT2D eigenvalue weighted by Crippen LogP contribution is 2.33. The molecule has 0 N–H and O–H groups in total. The lowest BCUT2D eigenvalue weighted by molar-refractivity contribution is 1.11. The first-order valence-corrected chi connectivity index (χ1v) is 6.46. The van der Waals surface area contributed by atoms with Crippen LogP contribution in [0.5, 0.6) is 0 Å². The molecule has 86 valence electrons. The van der Waals surface area contributed by atoms with Gasteiger partial charge in [0.1, 0.15) is 6.07 Å². The van der Waals surface area contributed by atoms with Crippen LogP contribution in [-0.4, -0.2) is 10.2 Å². The molecule has 0 bridgehead atoms. The van der Waals surface area contributed by atoms with Crippen LogP contribution in [0.4, 0.5) is 0 Å². The minimum absolute atomic E-state index is 0.452. The van der Waals surface area contributed by atoms with E-state index in [1.165, 1.54) is 5.56 Å². The largest absolute Gasteiger partial charge is 0.255 e. The lowest BCUT2D eigenvalue weighted by Gasteiger charge is -2.10. The van der Waals surface area contributed by atoms with Gasteiger partial charge < -0.3 is 0 Å². The molecule has 17 heavy (non-hydrogen) atoms. The van der Waals surface area contributed by atoms with E-state index in [2.05, 4.69) is 37.9 Å². The van der Waals surface area contributed by atoms with Gasteiger partial charge in [0.2, 0.25) is 0 Å². The number of aromatic nitrogens is 1. The zero-order valence-corrected chi connectivity index (χ0v) is 11.0. The Balaban J connectivity index is 2.73. The summed E-state index contributed by atoms with van der Waals surface area (Å²) in [5, 5.41) is 10.7. The standard InChI is InChI=1S/C14H14N2S/c1-9(2)17-14-11(7-15)8-16-13-5-4-10(3)6-12(13)14/h4-6,8-9H,1-3H3. The minimum atomic E-state index is 0.452. The molecule has 2 nitrogen and oxygen atoms in total. The zero-order chi connectivity index (χ0) is 12.4. The number of nitrogens with zero attached hydrogens (tertiary/aromatic N) is 2. The molecule has 0 unspecified atom stereocenters. The number of benzene rings is 1. The van der Waals surface area contributed by atoms with Crippen LogP contribution >= 0.6 is 11.8 Å². The van der Waals surface area contributed by atoms with E-state index in [1.807, 2.05) is 12.1 Å². The number of pyridine rings is 1. The lowest BCUT2D eigenvalue weighted by Crippen LogP contribution is -1.93. The summed E-state index contributed by atoms with van der Waals surface area (Å²) in [5.74, 6) is 0. The van der Waals surface area contributed by atoms with Crippen LogP contribution in [0, 0.1) is 18.3 Å². The quantitative estimate of drug-likeness (QED) is 0.749. The SMILES string of the molecule is Cc1ccc2ncc(C#N)c(SC(C)C)c2c1. The van der Waals surface area contributed by atoms with Crippen molar-refractivity contribution >= 4 is 22.7 Å². The monoisotopic (exact) mass is 242 g/mol. The van der Waals surface area contributed by atoms with E-state index in [0.29, 0.717) is 10.8 Å². The molecule has 0 fully saturated rings. The summed E-state index contributed by atoms with van der Waals surface area (Å²) in [7, 11) is 0. The smallest absolute Gasteiger partial charge is 0.102 e. The molecule has 0 aliphatic carbocycles. The molecule has 0 saturated heterocycles. The summed E-state index contributed by atoms with van der Waals surface area (Å²) in [4.78, 5) is 5.38. The van der Waals surface area contributed by atoms with Crippen LogP contribution in [0.3, 0.4) is 0 Å². The van der Waals surface area contributed by atoms with Gasteiger partial charge in [-0.05, 0) is 19.1 Å². The second kappa shape index (κ2) is 4.77. The van der Waals surface area contributed by atoms with E-state index in [0.717, 1.165) is 15.8 Å². The fraction of sp³-hybridized carbons (Fsp3) is 0.286. The van der Waals surface area contributed by atoms with Gasteiger partial charge in [-0.15, -0.1) is 11.8 Å². The van der Waals surface area contributed by atoms with E-state index in [-0.39, 0.29) is 0 Å². The molecule has 2 aromatic rings. The van der Waals surface area contributed by atoms with Crippen molar-refractivity contribution in [2.75, 3.05) is 0 Å². The van der Waals surface area contributed by atoms with Crippen molar-refractivity contribution in [3.63, 3.8) is 0 Å². The van der Waals surface area contributed by atoms with Crippen molar-refractivity contribution < 1.29 is 0 Å². The molecule has 0 aliphatic rings. The number of hydrogen-bond donors (Lipinski definition) is 0. The number of thioether (sulfide) groups is 1. The topological polar surface area (TPSA) is 36.7 Å². The molecule has 2 rings (SSSR count). The molecule has 1 aromatic heterocycles. The van der Waals surface area contributed by atoms with Crippen molar-refractivity contribution in [3.05, 3.63) is 35.5 Å². The molecule has 0 aliphatic heterocycles. The van der Waals surface area contributed by atoms with Gasteiger partial charge in [0.25, 0.3) is 0 Å². The highest BCUT2D eigenvalue weighted by molar-refractivity contribution is 8.00. The first kappa shape index (κ1) is 11.9. The first-order chi connectivity index (χ1) is 8.11. The molecule has 0 spiro atoms. The predicted molar refractivity (Wildman–Crippen MR) is 72.2 cm³/mol. The highest BCUT2D eigenvalue weighted by atomic mass is 32.2. The lowest BCUT2D eigenvalue weighted by atomic mass is 10.1. The summed E-state index contributed by atoms with van der Waals surface area (Å²) >= 11 is 1.73. The Bertz CT molecular complexity index is 597. The fourth-order valence-corrected chi connectivity index (χ4v) is 2.71. The van der Waals surface area contributed by atoms with Crippen LogP contribution in [0.25, 0.3) is 10.9 Å². The second-order valence-corrected chi connectivity index (χ2v) is 5.89.